The lowest BCUT2D eigenvalue weighted by Crippen LogP contribution is -2.42. The Balaban J connectivity index is 1.45. The van der Waals surface area contributed by atoms with E-state index >= 15 is 0 Å². The van der Waals surface area contributed by atoms with Gasteiger partial charge in [-0.15, -0.1) is 0 Å². The van der Waals surface area contributed by atoms with Crippen LogP contribution in [0, 0.1) is 16.0 Å². The number of hydrogen-bond donors (Lipinski definition) is 1. The third kappa shape index (κ3) is 7.53. The number of carbonyl (C=O) groups excluding carboxylic acids is 1. The van der Waals surface area contributed by atoms with Crippen molar-refractivity contribution in [2.75, 3.05) is 26.8 Å². The van der Waals surface area contributed by atoms with Crippen molar-refractivity contribution in [1.82, 2.24) is 14.9 Å². The molecule has 0 spiro atoms. The van der Waals surface area contributed by atoms with Gasteiger partial charge in [0, 0.05) is 30.5 Å². The molecule has 1 saturated carbocycles. The third-order valence-corrected chi connectivity index (χ3v) is 8.51. The number of rotatable bonds is 10. The second kappa shape index (κ2) is 13.5. The molecular weight excluding hydrogens is 616 g/mol. The van der Waals surface area contributed by atoms with Crippen molar-refractivity contribution in [3.8, 4) is 28.5 Å². The Morgan fingerprint density at radius 2 is 1.79 bits per heavy atom. The van der Waals surface area contributed by atoms with Crippen LogP contribution < -0.4 is 19.8 Å². The number of nitro groups is 1. The van der Waals surface area contributed by atoms with Gasteiger partial charge in [-0.05, 0) is 93.8 Å². The van der Waals surface area contributed by atoms with Gasteiger partial charge in [-0.2, -0.15) is 0 Å². The number of fused-ring (bicyclic) bond motifs is 1. The average molecular weight is 657 g/mol. The maximum atomic E-state index is 13.1. The van der Waals surface area contributed by atoms with Gasteiger partial charge < -0.3 is 28.8 Å². The first-order chi connectivity index (χ1) is 23.0. The summed E-state index contributed by atoms with van der Waals surface area (Å²) in [4.78, 5) is 46.2. The topological polar surface area (TPSA) is 146 Å². The standard InChI is InChI=1S/C36H40N4O8/c1-36(2,3)48-35(42)39-16-6-7-24(19-39)26-17-28(37-33-27(26)18-29(40(43)44)34(41)38-33)32-30(46-20-22-10-11-22)8-5-9-31(32)47-21-23-12-14-25(45-4)15-13-23/h5,8-9,12-15,17-18,22,24H,6-7,10-11,16,19-21H2,1-4H3,(H,37,38,41). The number of amides is 1. The van der Waals surface area contributed by atoms with Gasteiger partial charge in [-0.25, -0.2) is 9.78 Å². The van der Waals surface area contributed by atoms with E-state index in [0.29, 0.717) is 66.6 Å². The van der Waals surface area contributed by atoms with Crippen LogP contribution in [0.4, 0.5) is 10.5 Å². The summed E-state index contributed by atoms with van der Waals surface area (Å²) in [6.45, 7) is 7.14. The molecule has 12 heteroatoms. The van der Waals surface area contributed by atoms with Crippen molar-refractivity contribution >= 4 is 22.8 Å². The van der Waals surface area contributed by atoms with E-state index in [1.807, 2.05) is 69.3 Å². The number of likely N-dealkylation sites (tertiary alicyclic amines) is 1. The first kappa shape index (κ1) is 32.8. The Morgan fingerprint density at radius 1 is 1.06 bits per heavy atom. The summed E-state index contributed by atoms with van der Waals surface area (Å²) < 4.78 is 23.7. The summed E-state index contributed by atoms with van der Waals surface area (Å²) in [5.74, 6) is 2.12. The van der Waals surface area contributed by atoms with E-state index in [1.165, 1.54) is 6.07 Å². The fourth-order valence-corrected chi connectivity index (χ4v) is 5.90. The lowest BCUT2D eigenvalue weighted by molar-refractivity contribution is -0.386. The molecule has 12 nitrogen and oxygen atoms in total. The summed E-state index contributed by atoms with van der Waals surface area (Å²) >= 11 is 0. The molecule has 1 aliphatic heterocycles. The van der Waals surface area contributed by atoms with Crippen LogP contribution in [-0.4, -0.2) is 58.3 Å². The van der Waals surface area contributed by atoms with Gasteiger partial charge in [-0.3, -0.25) is 14.9 Å². The second-order valence-electron chi connectivity index (χ2n) is 13.4. The highest BCUT2D eigenvalue weighted by atomic mass is 16.6. The largest absolute Gasteiger partial charge is 0.497 e. The van der Waals surface area contributed by atoms with Gasteiger partial charge in [0.15, 0.2) is 0 Å². The number of aromatic nitrogens is 2. The molecule has 2 aromatic heterocycles. The summed E-state index contributed by atoms with van der Waals surface area (Å²) in [7, 11) is 1.61. The highest BCUT2D eigenvalue weighted by molar-refractivity contribution is 5.87. The zero-order valence-corrected chi connectivity index (χ0v) is 27.6. The summed E-state index contributed by atoms with van der Waals surface area (Å²) in [6, 6.07) is 16.3. The number of nitrogens with one attached hydrogen (secondary N) is 1. The summed E-state index contributed by atoms with van der Waals surface area (Å²) in [6.07, 6.45) is 3.21. The molecule has 2 aromatic carbocycles. The Morgan fingerprint density at radius 3 is 2.46 bits per heavy atom. The smallest absolute Gasteiger partial charge is 0.410 e. The van der Waals surface area contributed by atoms with E-state index in [9.17, 15) is 19.7 Å². The molecule has 1 amide bonds. The first-order valence-corrected chi connectivity index (χ1v) is 16.2. The summed E-state index contributed by atoms with van der Waals surface area (Å²) in [5.41, 5.74) is 0.852. The first-order valence-electron chi connectivity index (χ1n) is 16.2. The summed E-state index contributed by atoms with van der Waals surface area (Å²) in [5, 5.41) is 12.3. The molecule has 3 heterocycles. The third-order valence-electron chi connectivity index (χ3n) is 8.51. The quantitative estimate of drug-likeness (QED) is 0.141. The predicted octanol–water partition coefficient (Wildman–Crippen LogP) is 6.99. The minimum atomic E-state index is -0.851. The van der Waals surface area contributed by atoms with E-state index in [0.717, 1.165) is 29.7 Å². The lowest BCUT2D eigenvalue weighted by atomic mass is 9.88. The van der Waals surface area contributed by atoms with Gasteiger partial charge in [0.1, 0.15) is 35.1 Å². The van der Waals surface area contributed by atoms with Crippen molar-refractivity contribution < 1.29 is 28.7 Å². The van der Waals surface area contributed by atoms with Crippen molar-refractivity contribution in [3.05, 3.63) is 86.2 Å². The Kier molecular flexibility index (Phi) is 9.25. The number of nitrogens with zero attached hydrogens (tertiary/aromatic N) is 3. The molecular formula is C36H40N4O8. The number of ether oxygens (including phenoxy) is 4. The maximum Gasteiger partial charge on any atom is 0.410 e. The normalized spacial score (nSPS) is 16.4. The molecule has 6 rings (SSSR count). The molecule has 1 aliphatic carbocycles. The minimum absolute atomic E-state index is 0.200. The molecule has 1 unspecified atom stereocenters. The van der Waals surface area contributed by atoms with Crippen LogP contribution in [0.1, 0.15) is 63.5 Å². The molecule has 0 radical (unpaired) electrons. The van der Waals surface area contributed by atoms with Gasteiger partial charge in [-0.1, -0.05) is 18.2 Å². The SMILES string of the molecule is COc1ccc(COc2cccc(OCC3CC3)c2-c2cc(C3CCCN(C(=O)OC(C)(C)C)C3)c3cc([N+](=O)[O-])c(=O)[nH]c3n2)cc1. The second-order valence-corrected chi connectivity index (χ2v) is 13.4. The maximum absolute atomic E-state index is 13.1. The lowest BCUT2D eigenvalue weighted by Gasteiger charge is -2.34. The number of carbonyl (C=O) groups is 1. The van der Waals surface area contributed by atoms with Gasteiger partial charge in [0.2, 0.25) is 0 Å². The number of hydrogen-bond acceptors (Lipinski definition) is 9. The van der Waals surface area contributed by atoms with Gasteiger partial charge in [0.25, 0.3) is 0 Å². The fourth-order valence-electron chi connectivity index (χ4n) is 5.90. The van der Waals surface area contributed by atoms with Crippen molar-refractivity contribution in [1.29, 1.82) is 0 Å². The van der Waals surface area contributed by atoms with E-state index in [2.05, 4.69) is 4.98 Å². The monoisotopic (exact) mass is 656 g/mol. The van der Waals surface area contributed by atoms with Crippen LogP contribution in [0.15, 0.2) is 59.4 Å². The molecule has 2 aliphatic rings. The zero-order valence-electron chi connectivity index (χ0n) is 27.6. The van der Waals surface area contributed by atoms with Crippen LogP contribution in [0.25, 0.3) is 22.3 Å². The Bertz CT molecular complexity index is 1880. The molecule has 1 saturated heterocycles. The molecule has 1 atom stereocenters. The number of pyridine rings is 2. The van der Waals surface area contributed by atoms with Crippen LogP contribution in [0.3, 0.4) is 0 Å². The molecule has 0 bridgehead atoms. The molecule has 1 N–H and O–H groups in total. The average Bonchev–Trinajstić information content (AvgIpc) is 3.89. The van der Waals surface area contributed by atoms with E-state index in [-0.39, 0.29) is 18.2 Å². The predicted molar refractivity (Wildman–Crippen MR) is 180 cm³/mol. The molecule has 2 fully saturated rings. The van der Waals surface area contributed by atoms with E-state index in [4.69, 9.17) is 23.9 Å². The number of aromatic amines is 1. The number of methoxy groups -OCH3 is 1. The van der Waals surface area contributed by atoms with Crippen LogP contribution in [0.5, 0.6) is 17.2 Å². The Labute approximate surface area is 278 Å². The van der Waals surface area contributed by atoms with Crippen LogP contribution in [-0.2, 0) is 11.3 Å². The number of piperidine rings is 1. The van der Waals surface area contributed by atoms with Crippen molar-refractivity contribution in [2.45, 2.75) is 64.6 Å². The van der Waals surface area contributed by atoms with Crippen LogP contribution >= 0.6 is 0 Å². The van der Waals surface area contributed by atoms with Gasteiger partial charge in [0.05, 0.1) is 29.9 Å². The molecule has 252 valence electrons. The van der Waals surface area contributed by atoms with E-state index in [1.54, 1.807) is 12.0 Å². The molecule has 48 heavy (non-hydrogen) atoms. The van der Waals surface area contributed by atoms with Crippen LogP contribution in [0.2, 0.25) is 0 Å². The number of benzene rings is 2. The van der Waals surface area contributed by atoms with E-state index < -0.39 is 27.9 Å². The fraction of sp³-hybridized carbons (Fsp3) is 0.417. The van der Waals surface area contributed by atoms with Crippen molar-refractivity contribution in [3.63, 3.8) is 0 Å². The Hall–Kier alpha value is -5.13. The highest BCUT2D eigenvalue weighted by Crippen LogP contribution is 2.42. The van der Waals surface area contributed by atoms with Crippen molar-refractivity contribution in [2.24, 2.45) is 5.92 Å². The molecule has 4 aromatic rings. The highest BCUT2D eigenvalue weighted by Gasteiger charge is 2.31. The zero-order chi connectivity index (χ0) is 34.0. The van der Waals surface area contributed by atoms with Gasteiger partial charge >= 0.3 is 17.3 Å². The number of H-pyrrole nitrogens is 1. The minimum Gasteiger partial charge on any atom is -0.497 e.